The lowest BCUT2D eigenvalue weighted by Crippen LogP contribution is -2.30. The standard InChI is InChI=1S/C12H15N5O3/c1-15(7-9-3-5-13-16(9)2)11(18)8-17-6-4-10(14-17)12(19)20/h3-6H,7-8H2,1-2H3,(H,19,20). The summed E-state index contributed by atoms with van der Waals surface area (Å²) < 4.78 is 3.01. The molecule has 1 N–H and O–H groups in total. The first kappa shape index (κ1) is 13.8. The van der Waals surface area contributed by atoms with Crippen LogP contribution in [0.25, 0.3) is 0 Å². The summed E-state index contributed by atoms with van der Waals surface area (Å²) in [5.41, 5.74) is 0.833. The van der Waals surface area contributed by atoms with Crippen molar-refractivity contribution in [2.45, 2.75) is 13.1 Å². The van der Waals surface area contributed by atoms with Gasteiger partial charge in [-0.3, -0.25) is 14.2 Å². The van der Waals surface area contributed by atoms with Crippen molar-refractivity contribution in [2.24, 2.45) is 7.05 Å². The molecule has 2 heterocycles. The third-order valence-electron chi connectivity index (χ3n) is 2.90. The van der Waals surface area contributed by atoms with E-state index in [1.807, 2.05) is 6.07 Å². The maximum atomic E-state index is 12.0. The van der Waals surface area contributed by atoms with Gasteiger partial charge >= 0.3 is 5.97 Å². The molecular formula is C12H15N5O3. The van der Waals surface area contributed by atoms with Crippen molar-refractivity contribution in [2.75, 3.05) is 7.05 Å². The number of aromatic nitrogens is 4. The Hall–Kier alpha value is -2.64. The molecule has 0 saturated carbocycles. The minimum Gasteiger partial charge on any atom is -0.476 e. The molecule has 0 aliphatic heterocycles. The van der Waals surface area contributed by atoms with E-state index in [2.05, 4.69) is 10.2 Å². The average Bonchev–Trinajstić information content (AvgIpc) is 2.99. The molecule has 2 aromatic heterocycles. The van der Waals surface area contributed by atoms with E-state index in [0.29, 0.717) is 6.54 Å². The number of carbonyl (C=O) groups is 2. The molecule has 0 bridgehead atoms. The maximum absolute atomic E-state index is 12.0. The highest BCUT2D eigenvalue weighted by atomic mass is 16.4. The van der Waals surface area contributed by atoms with Crippen molar-refractivity contribution >= 4 is 11.9 Å². The summed E-state index contributed by atoms with van der Waals surface area (Å²) in [6.45, 7) is 0.435. The van der Waals surface area contributed by atoms with Crippen molar-refractivity contribution in [3.63, 3.8) is 0 Å². The van der Waals surface area contributed by atoms with Crippen LogP contribution in [0.15, 0.2) is 24.5 Å². The molecule has 2 rings (SSSR count). The van der Waals surface area contributed by atoms with Gasteiger partial charge in [-0.25, -0.2) is 4.79 Å². The lowest BCUT2D eigenvalue weighted by molar-refractivity contribution is -0.131. The average molecular weight is 277 g/mol. The number of nitrogens with zero attached hydrogens (tertiary/aromatic N) is 5. The number of carboxylic acids is 1. The Labute approximate surface area is 115 Å². The third kappa shape index (κ3) is 3.02. The van der Waals surface area contributed by atoms with Gasteiger partial charge in [-0.15, -0.1) is 0 Å². The summed E-state index contributed by atoms with van der Waals surface area (Å²) in [7, 11) is 3.48. The Morgan fingerprint density at radius 3 is 2.70 bits per heavy atom. The molecule has 8 heteroatoms. The first-order chi connectivity index (χ1) is 9.47. The fourth-order valence-corrected chi connectivity index (χ4v) is 1.71. The van der Waals surface area contributed by atoms with E-state index in [4.69, 9.17) is 5.11 Å². The molecule has 0 fully saturated rings. The number of rotatable bonds is 5. The van der Waals surface area contributed by atoms with Gasteiger partial charge in [0.1, 0.15) is 6.54 Å². The minimum atomic E-state index is -1.11. The number of aromatic carboxylic acids is 1. The van der Waals surface area contributed by atoms with Crippen LogP contribution in [0.2, 0.25) is 0 Å². The Morgan fingerprint density at radius 2 is 2.15 bits per heavy atom. The van der Waals surface area contributed by atoms with Crippen molar-refractivity contribution < 1.29 is 14.7 Å². The topological polar surface area (TPSA) is 93.2 Å². The molecule has 106 valence electrons. The maximum Gasteiger partial charge on any atom is 0.356 e. The van der Waals surface area contributed by atoms with Crippen LogP contribution in [0, 0.1) is 0 Å². The van der Waals surface area contributed by atoms with Crippen LogP contribution < -0.4 is 0 Å². The molecule has 0 aliphatic carbocycles. The Bertz CT molecular complexity index is 631. The van der Waals surface area contributed by atoms with Crippen molar-refractivity contribution in [3.8, 4) is 0 Å². The predicted octanol–water partition coefficient (Wildman–Crippen LogP) is -0.0266. The second-order valence-electron chi connectivity index (χ2n) is 4.40. The summed E-state index contributed by atoms with van der Waals surface area (Å²) in [5.74, 6) is -1.27. The van der Waals surface area contributed by atoms with E-state index < -0.39 is 5.97 Å². The largest absolute Gasteiger partial charge is 0.476 e. The van der Waals surface area contributed by atoms with Crippen LogP contribution in [0.3, 0.4) is 0 Å². The summed E-state index contributed by atoms with van der Waals surface area (Å²) in [6.07, 6.45) is 3.14. The Balaban J connectivity index is 1.97. The number of hydrogen-bond acceptors (Lipinski definition) is 4. The second-order valence-corrected chi connectivity index (χ2v) is 4.40. The van der Waals surface area contributed by atoms with Crippen molar-refractivity contribution in [1.29, 1.82) is 0 Å². The first-order valence-corrected chi connectivity index (χ1v) is 5.95. The molecule has 0 spiro atoms. The molecule has 1 amide bonds. The van der Waals surface area contributed by atoms with Gasteiger partial charge in [0.05, 0.1) is 12.2 Å². The molecule has 2 aromatic rings. The monoisotopic (exact) mass is 277 g/mol. The molecule has 0 atom stereocenters. The molecule has 0 aromatic carbocycles. The highest BCUT2D eigenvalue weighted by Crippen LogP contribution is 2.03. The zero-order chi connectivity index (χ0) is 14.7. The van der Waals surface area contributed by atoms with Crippen molar-refractivity contribution in [1.82, 2.24) is 24.5 Å². The molecule has 0 radical (unpaired) electrons. The molecular weight excluding hydrogens is 262 g/mol. The van der Waals surface area contributed by atoms with Crippen LogP contribution in [-0.2, 0) is 24.9 Å². The van der Waals surface area contributed by atoms with Gasteiger partial charge in [-0.1, -0.05) is 0 Å². The van der Waals surface area contributed by atoms with Gasteiger partial charge in [0.25, 0.3) is 0 Å². The van der Waals surface area contributed by atoms with Crippen molar-refractivity contribution in [3.05, 3.63) is 35.9 Å². The van der Waals surface area contributed by atoms with Crippen LogP contribution in [0.4, 0.5) is 0 Å². The molecule has 20 heavy (non-hydrogen) atoms. The van der Waals surface area contributed by atoms with Crippen LogP contribution >= 0.6 is 0 Å². The number of carbonyl (C=O) groups excluding carboxylic acids is 1. The quantitative estimate of drug-likeness (QED) is 0.828. The zero-order valence-corrected chi connectivity index (χ0v) is 11.2. The Morgan fingerprint density at radius 1 is 1.40 bits per heavy atom. The normalized spacial score (nSPS) is 10.5. The number of carboxylic acid groups (broad SMARTS) is 1. The number of aryl methyl sites for hydroxylation is 1. The molecule has 0 saturated heterocycles. The van der Waals surface area contributed by atoms with Gasteiger partial charge in [0, 0.05) is 26.5 Å². The summed E-state index contributed by atoms with van der Waals surface area (Å²) >= 11 is 0. The highest BCUT2D eigenvalue weighted by molar-refractivity contribution is 5.85. The summed E-state index contributed by atoms with van der Waals surface area (Å²) in [5, 5.41) is 16.6. The Kier molecular flexibility index (Phi) is 3.83. The van der Waals surface area contributed by atoms with Crippen LogP contribution in [0.5, 0.6) is 0 Å². The third-order valence-corrected chi connectivity index (χ3v) is 2.90. The van der Waals surface area contributed by atoms with E-state index in [9.17, 15) is 9.59 Å². The van der Waals surface area contributed by atoms with Gasteiger partial charge in [0.2, 0.25) is 5.91 Å². The first-order valence-electron chi connectivity index (χ1n) is 5.95. The number of hydrogen-bond donors (Lipinski definition) is 1. The smallest absolute Gasteiger partial charge is 0.356 e. The van der Waals surface area contributed by atoms with Crippen LogP contribution in [-0.4, -0.2) is 48.5 Å². The van der Waals surface area contributed by atoms with E-state index in [1.54, 1.807) is 29.9 Å². The van der Waals surface area contributed by atoms with Gasteiger partial charge in [0.15, 0.2) is 5.69 Å². The fraction of sp³-hybridized carbons (Fsp3) is 0.333. The minimum absolute atomic E-state index is 0.00162. The zero-order valence-electron chi connectivity index (χ0n) is 11.2. The van der Waals surface area contributed by atoms with Gasteiger partial charge in [-0.2, -0.15) is 10.2 Å². The van der Waals surface area contributed by atoms with E-state index in [-0.39, 0.29) is 18.1 Å². The second kappa shape index (κ2) is 5.55. The van der Waals surface area contributed by atoms with E-state index in [1.165, 1.54) is 16.9 Å². The summed E-state index contributed by atoms with van der Waals surface area (Å²) in [4.78, 5) is 24.3. The SMILES string of the molecule is CN(Cc1ccnn1C)C(=O)Cn1ccc(C(=O)O)n1. The highest BCUT2D eigenvalue weighted by Gasteiger charge is 2.13. The molecule has 0 aliphatic rings. The molecule has 0 unspecified atom stereocenters. The summed E-state index contributed by atoms with van der Waals surface area (Å²) in [6, 6.07) is 3.19. The van der Waals surface area contributed by atoms with Gasteiger partial charge < -0.3 is 10.0 Å². The lowest BCUT2D eigenvalue weighted by atomic mass is 10.4. The number of amides is 1. The van der Waals surface area contributed by atoms with E-state index >= 15 is 0 Å². The lowest BCUT2D eigenvalue weighted by Gasteiger charge is -2.17. The van der Waals surface area contributed by atoms with E-state index in [0.717, 1.165) is 5.69 Å². The van der Waals surface area contributed by atoms with Crippen LogP contribution in [0.1, 0.15) is 16.2 Å². The fourth-order valence-electron chi connectivity index (χ4n) is 1.71. The predicted molar refractivity (Wildman–Crippen MR) is 68.9 cm³/mol. The molecule has 8 nitrogen and oxygen atoms in total. The van der Waals surface area contributed by atoms with Gasteiger partial charge in [-0.05, 0) is 12.1 Å². The number of likely N-dealkylation sites (N-methyl/N-ethyl adjacent to an activating group) is 1.